The van der Waals surface area contributed by atoms with E-state index in [1.54, 1.807) is 0 Å². The standard InChI is InChI=1S/C11H16N2/c1-9-4-2-6-11(13-9)10-5-3-7-12-8-10/h2,4,6,10,12H,3,5,7-8H2,1H3/t10-/m0/s1. The second-order valence-electron chi connectivity index (χ2n) is 3.75. The highest BCUT2D eigenvalue weighted by Gasteiger charge is 2.15. The Hall–Kier alpha value is -0.890. The fourth-order valence-electron chi connectivity index (χ4n) is 1.90. The zero-order chi connectivity index (χ0) is 9.10. The molecule has 2 heteroatoms. The molecule has 1 saturated heterocycles. The summed E-state index contributed by atoms with van der Waals surface area (Å²) >= 11 is 0. The first-order valence-electron chi connectivity index (χ1n) is 5.00. The largest absolute Gasteiger partial charge is 0.316 e. The number of piperidine rings is 1. The van der Waals surface area contributed by atoms with Crippen molar-refractivity contribution in [2.45, 2.75) is 25.7 Å². The van der Waals surface area contributed by atoms with E-state index >= 15 is 0 Å². The van der Waals surface area contributed by atoms with Crippen molar-refractivity contribution < 1.29 is 0 Å². The molecule has 0 radical (unpaired) electrons. The van der Waals surface area contributed by atoms with Gasteiger partial charge in [0.1, 0.15) is 0 Å². The van der Waals surface area contributed by atoms with Gasteiger partial charge in [0, 0.05) is 23.9 Å². The van der Waals surface area contributed by atoms with Crippen molar-refractivity contribution in [3.63, 3.8) is 0 Å². The van der Waals surface area contributed by atoms with Gasteiger partial charge in [-0.3, -0.25) is 4.98 Å². The molecule has 0 aromatic carbocycles. The van der Waals surface area contributed by atoms with Gasteiger partial charge in [0.25, 0.3) is 0 Å². The number of aromatic nitrogens is 1. The lowest BCUT2D eigenvalue weighted by Gasteiger charge is -2.22. The van der Waals surface area contributed by atoms with Crippen LogP contribution in [0.2, 0.25) is 0 Å². The molecule has 1 aromatic rings. The summed E-state index contributed by atoms with van der Waals surface area (Å²) in [6.45, 7) is 4.32. The summed E-state index contributed by atoms with van der Waals surface area (Å²) in [4.78, 5) is 4.56. The van der Waals surface area contributed by atoms with Crippen LogP contribution in [-0.4, -0.2) is 18.1 Å². The summed E-state index contributed by atoms with van der Waals surface area (Å²) < 4.78 is 0. The normalized spacial score (nSPS) is 23.0. The summed E-state index contributed by atoms with van der Waals surface area (Å²) in [5, 5.41) is 3.41. The van der Waals surface area contributed by atoms with Crippen LogP contribution in [0.15, 0.2) is 18.2 Å². The Balaban J connectivity index is 2.14. The molecule has 0 unspecified atom stereocenters. The maximum Gasteiger partial charge on any atom is 0.0450 e. The van der Waals surface area contributed by atoms with Crippen molar-refractivity contribution >= 4 is 0 Å². The van der Waals surface area contributed by atoms with Crippen LogP contribution in [0.4, 0.5) is 0 Å². The average Bonchev–Trinajstić information content (AvgIpc) is 2.19. The Labute approximate surface area is 79.4 Å². The molecule has 1 aliphatic rings. The molecule has 1 aromatic heterocycles. The molecule has 0 saturated carbocycles. The van der Waals surface area contributed by atoms with E-state index in [1.807, 2.05) is 0 Å². The third-order valence-corrected chi connectivity index (χ3v) is 2.63. The van der Waals surface area contributed by atoms with E-state index in [0.717, 1.165) is 12.2 Å². The molecule has 0 bridgehead atoms. The van der Waals surface area contributed by atoms with Crippen molar-refractivity contribution in [1.29, 1.82) is 0 Å². The van der Waals surface area contributed by atoms with Crippen molar-refractivity contribution in [1.82, 2.24) is 10.3 Å². The fourth-order valence-corrected chi connectivity index (χ4v) is 1.90. The van der Waals surface area contributed by atoms with E-state index in [0.29, 0.717) is 5.92 Å². The van der Waals surface area contributed by atoms with Crippen LogP contribution >= 0.6 is 0 Å². The molecule has 0 amide bonds. The van der Waals surface area contributed by atoms with Gasteiger partial charge in [-0.2, -0.15) is 0 Å². The molecule has 70 valence electrons. The van der Waals surface area contributed by atoms with Crippen LogP contribution in [0.25, 0.3) is 0 Å². The molecule has 13 heavy (non-hydrogen) atoms. The number of rotatable bonds is 1. The highest BCUT2D eigenvalue weighted by molar-refractivity contribution is 5.14. The first kappa shape index (κ1) is 8.70. The van der Waals surface area contributed by atoms with Gasteiger partial charge in [0.15, 0.2) is 0 Å². The van der Waals surface area contributed by atoms with Crippen molar-refractivity contribution in [3.8, 4) is 0 Å². The smallest absolute Gasteiger partial charge is 0.0450 e. The third-order valence-electron chi connectivity index (χ3n) is 2.63. The first-order valence-corrected chi connectivity index (χ1v) is 5.00. The molecule has 1 atom stereocenters. The van der Waals surface area contributed by atoms with Gasteiger partial charge in [0.05, 0.1) is 0 Å². The van der Waals surface area contributed by atoms with Crippen LogP contribution in [0, 0.1) is 6.92 Å². The number of nitrogens with one attached hydrogen (secondary N) is 1. The van der Waals surface area contributed by atoms with E-state index in [2.05, 4.69) is 35.4 Å². The number of pyridine rings is 1. The van der Waals surface area contributed by atoms with E-state index < -0.39 is 0 Å². The van der Waals surface area contributed by atoms with Gasteiger partial charge in [-0.25, -0.2) is 0 Å². The minimum Gasteiger partial charge on any atom is -0.316 e. The molecular formula is C11H16N2. The van der Waals surface area contributed by atoms with E-state index in [1.165, 1.54) is 25.1 Å². The maximum atomic E-state index is 4.56. The Kier molecular flexibility index (Phi) is 2.60. The van der Waals surface area contributed by atoms with Crippen molar-refractivity contribution in [3.05, 3.63) is 29.6 Å². The summed E-state index contributed by atoms with van der Waals surface area (Å²) in [6, 6.07) is 6.30. The number of hydrogen-bond donors (Lipinski definition) is 1. The number of aryl methyl sites for hydroxylation is 1. The van der Waals surface area contributed by atoms with Crippen molar-refractivity contribution in [2.24, 2.45) is 0 Å². The Bertz CT molecular complexity index is 277. The number of nitrogens with zero attached hydrogens (tertiary/aromatic N) is 1. The lowest BCUT2D eigenvalue weighted by Crippen LogP contribution is -2.28. The van der Waals surface area contributed by atoms with Gasteiger partial charge in [-0.1, -0.05) is 6.07 Å². The van der Waals surface area contributed by atoms with E-state index in [9.17, 15) is 0 Å². The summed E-state index contributed by atoms with van der Waals surface area (Å²) in [5.74, 6) is 0.633. The third kappa shape index (κ3) is 2.07. The first-order chi connectivity index (χ1) is 6.36. The molecule has 0 spiro atoms. The molecule has 1 N–H and O–H groups in total. The highest BCUT2D eigenvalue weighted by atomic mass is 14.9. The SMILES string of the molecule is Cc1cccc([C@H]2CCCNC2)n1. The second kappa shape index (κ2) is 3.88. The fraction of sp³-hybridized carbons (Fsp3) is 0.545. The van der Waals surface area contributed by atoms with Crippen LogP contribution in [-0.2, 0) is 0 Å². The molecule has 0 aliphatic carbocycles. The number of hydrogen-bond acceptors (Lipinski definition) is 2. The predicted molar refractivity (Wildman–Crippen MR) is 53.8 cm³/mol. The topological polar surface area (TPSA) is 24.9 Å². The van der Waals surface area contributed by atoms with Crippen molar-refractivity contribution in [2.75, 3.05) is 13.1 Å². The van der Waals surface area contributed by atoms with Gasteiger partial charge in [-0.05, 0) is 38.4 Å². The van der Waals surface area contributed by atoms with Crippen LogP contribution in [0.3, 0.4) is 0 Å². The summed E-state index contributed by atoms with van der Waals surface area (Å²) in [7, 11) is 0. The zero-order valence-corrected chi connectivity index (χ0v) is 8.09. The molecule has 2 nitrogen and oxygen atoms in total. The molecule has 2 heterocycles. The van der Waals surface area contributed by atoms with Gasteiger partial charge < -0.3 is 5.32 Å². The highest BCUT2D eigenvalue weighted by Crippen LogP contribution is 2.21. The quantitative estimate of drug-likeness (QED) is 0.706. The monoisotopic (exact) mass is 176 g/mol. The summed E-state index contributed by atoms with van der Waals surface area (Å²) in [5.41, 5.74) is 2.38. The van der Waals surface area contributed by atoms with Crippen LogP contribution in [0.1, 0.15) is 30.1 Å². The Morgan fingerprint density at radius 3 is 3.08 bits per heavy atom. The Morgan fingerprint density at radius 1 is 1.46 bits per heavy atom. The van der Waals surface area contributed by atoms with E-state index in [-0.39, 0.29) is 0 Å². The van der Waals surface area contributed by atoms with E-state index in [4.69, 9.17) is 0 Å². The van der Waals surface area contributed by atoms with Crippen LogP contribution < -0.4 is 5.32 Å². The Morgan fingerprint density at radius 2 is 2.38 bits per heavy atom. The molecule has 2 rings (SSSR count). The lowest BCUT2D eigenvalue weighted by molar-refractivity contribution is 0.454. The van der Waals surface area contributed by atoms with Crippen LogP contribution in [0.5, 0.6) is 0 Å². The summed E-state index contributed by atoms with van der Waals surface area (Å²) in [6.07, 6.45) is 2.56. The lowest BCUT2D eigenvalue weighted by atomic mass is 9.95. The minimum absolute atomic E-state index is 0.633. The maximum absolute atomic E-state index is 4.56. The van der Waals surface area contributed by atoms with Gasteiger partial charge in [0.2, 0.25) is 0 Å². The average molecular weight is 176 g/mol. The molecular weight excluding hydrogens is 160 g/mol. The van der Waals surface area contributed by atoms with Gasteiger partial charge >= 0.3 is 0 Å². The predicted octanol–water partition coefficient (Wildman–Crippen LogP) is 1.86. The zero-order valence-electron chi connectivity index (χ0n) is 8.09. The molecule has 1 aliphatic heterocycles. The van der Waals surface area contributed by atoms with Gasteiger partial charge in [-0.15, -0.1) is 0 Å². The molecule has 1 fully saturated rings. The minimum atomic E-state index is 0.633. The second-order valence-corrected chi connectivity index (χ2v) is 3.75.